The van der Waals surface area contributed by atoms with E-state index in [0.29, 0.717) is 11.3 Å². The van der Waals surface area contributed by atoms with E-state index in [0.717, 1.165) is 6.20 Å². The molecule has 0 saturated heterocycles. The topological polar surface area (TPSA) is 105 Å². The predicted molar refractivity (Wildman–Crippen MR) is 76.8 cm³/mol. The number of benzene rings is 1. The summed E-state index contributed by atoms with van der Waals surface area (Å²) in [7, 11) is -3.79. The molecule has 4 N–H and O–H groups in total. The molecule has 1 aromatic carbocycles. The summed E-state index contributed by atoms with van der Waals surface area (Å²) in [5.74, 6) is 0.0675. The molecule has 0 radical (unpaired) electrons. The van der Waals surface area contributed by atoms with E-state index in [2.05, 4.69) is 9.71 Å². The van der Waals surface area contributed by atoms with Crippen molar-refractivity contribution in [2.45, 2.75) is 11.5 Å². The van der Waals surface area contributed by atoms with Gasteiger partial charge in [0.15, 0.2) is 0 Å². The lowest BCUT2D eigenvalue weighted by atomic mass is 10.2. The maximum absolute atomic E-state index is 12.1. The Bertz CT molecular complexity index is 717. The quantitative estimate of drug-likeness (QED) is 0.795. The molecular weight excluding hydrogens is 302 g/mol. The highest BCUT2D eigenvalue weighted by atomic mass is 35.5. The van der Waals surface area contributed by atoms with Gasteiger partial charge in [0.05, 0.1) is 11.6 Å². The summed E-state index contributed by atoms with van der Waals surface area (Å²) in [4.78, 5) is 3.63. The molecule has 0 bridgehead atoms. The standard InChI is InChI=1S/C12H12ClN3O3S/c13-11-5-10(6-15-12(11)14)20(18,19)16-9-3-1-8(7-17)2-4-9/h1-6,16-17H,7H2,(H2,14,15). The van der Waals surface area contributed by atoms with Crippen LogP contribution in [0, 0.1) is 0 Å². The predicted octanol–water partition coefficient (Wildman–Crippen LogP) is 1.61. The summed E-state index contributed by atoms with van der Waals surface area (Å²) in [6.07, 6.45) is 1.13. The summed E-state index contributed by atoms with van der Waals surface area (Å²) >= 11 is 5.75. The van der Waals surface area contributed by atoms with E-state index in [1.807, 2.05) is 0 Å². The van der Waals surface area contributed by atoms with Crippen LogP contribution < -0.4 is 10.5 Å². The van der Waals surface area contributed by atoms with Crippen LogP contribution in [0.15, 0.2) is 41.4 Å². The van der Waals surface area contributed by atoms with Gasteiger partial charge in [-0.3, -0.25) is 4.72 Å². The fraction of sp³-hybridized carbons (Fsp3) is 0.0833. The van der Waals surface area contributed by atoms with Crippen molar-refractivity contribution in [3.63, 3.8) is 0 Å². The molecular formula is C12H12ClN3O3S. The number of aromatic nitrogens is 1. The second-order valence-electron chi connectivity index (χ2n) is 4.00. The maximum atomic E-state index is 12.1. The number of nitrogens with one attached hydrogen (secondary N) is 1. The third-order valence-corrected chi connectivity index (χ3v) is 4.19. The van der Waals surface area contributed by atoms with Crippen molar-refractivity contribution >= 4 is 33.1 Å². The summed E-state index contributed by atoms with van der Waals surface area (Å²) in [6, 6.07) is 7.57. The van der Waals surface area contributed by atoms with E-state index in [1.54, 1.807) is 24.3 Å². The minimum Gasteiger partial charge on any atom is -0.392 e. The van der Waals surface area contributed by atoms with Crippen molar-refractivity contribution in [2.75, 3.05) is 10.5 Å². The van der Waals surface area contributed by atoms with Crippen molar-refractivity contribution in [3.05, 3.63) is 47.1 Å². The molecule has 0 aliphatic rings. The molecule has 0 unspecified atom stereocenters. The Balaban J connectivity index is 2.27. The summed E-state index contributed by atoms with van der Waals surface area (Å²) in [5.41, 5.74) is 6.49. The number of sulfonamides is 1. The molecule has 8 heteroatoms. The zero-order valence-corrected chi connectivity index (χ0v) is 11.8. The van der Waals surface area contributed by atoms with Gasteiger partial charge in [-0.05, 0) is 23.8 Å². The van der Waals surface area contributed by atoms with Crippen LogP contribution >= 0.6 is 11.6 Å². The number of anilines is 2. The average molecular weight is 314 g/mol. The number of hydrogen-bond donors (Lipinski definition) is 3. The highest BCUT2D eigenvalue weighted by molar-refractivity contribution is 7.92. The molecule has 106 valence electrons. The van der Waals surface area contributed by atoms with Crippen LogP contribution in [0.4, 0.5) is 11.5 Å². The Morgan fingerprint density at radius 2 is 1.95 bits per heavy atom. The molecule has 0 spiro atoms. The van der Waals surface area contributed by atoms with Crippen LogP contribution in [0.2, 0.25) is 5.02 Å². The third kappa shape index (κ3) is 3.19. The van der Waals surface area contributed by atoms with Gasteiger partial charge < -0.3 is 10.8 Å². The average Bonchev–Trinajstić information content (AvgIpc) is 2.42. The Hall–Kier alpha value is -1.83. The first-order valence-electron chi connectivity index (χ1n) is 5.56. The molecule has 0 atom stereocenters. The van der Waals surface area contributed by atoms with Crippen molar-refractivity contribution in [3.8, 4) is 0 Å². The van der Waals surface area contributed by atoms with Gasteiger partial charge in [-0.15, -0.1) is 0 Å². The number of halogens is 1. The fourth-order valence-corrected chi connectivity index (χ4v) is 2.73. The number of hydrogen-bond acceptors (Lipinski definition) is 5. The second kappa shape index (κ2) is 5.66. The molecule has 2 rings (SSSR count). The van der Waals surface area contributed by atoms with Crippen LogP contribution in [0.25, 0.3) is 0 Å². The van der Waals surface area contributed by atoms with Crippen molar-refractivity contribution < 1.29 is 13.5 Å². The summed E-state index contributed by atoms with van der Waals surface area (Å²) in [5, 5.41) is 8.99. The van der Waals surface area contributed by atoms with Crippen LogP contribution in [0.1, 0.15) is 5.56 Å². The van der Waals surface area contributed by atoms with Gasteiger partial charge >= 0.3 is 0 Å². The monoisotopic (exact) mass is 313 g/mol. The lowest BCUT2D eigenvalue weighted by molar-refractivity contribution is 0.282. The summed E-state index contributed by atoms with van der Waals surface area (Å²) in [6.45, 7) is -0.107. The number of pyridine rings is 1. The van der Waals surface area contributed by atoms with Crippen LogP contribution in [-0.4, -0.2) is 18.5 Å². The second-order valence-corrected chi connectivity index (χ2v) is 6.09. The minimum atomic E-state index is -3.79. The molecule has 20 heavy (non-hydrogen) atoms. The number of rotatable bonds is 4. The lowest BCUT2D eigenvalue weighted by Gasteiger charge is -2.09. The molecule has 6 nitrogen and oxygen atoms in total. The van der Waals surface area contributed by atoms with Crippen LogP contribution in [0.5, 0.6) is 0 Å². The lowest BCUT2D eigenvalue weighted by Crippen LogP contribution is -2.13. The Morgan fingerprint density at radius 1 is 1.30 bits per heavy atom. The zero-order valence-electron chi connectivity index (χ0n) is 10.2. The van der Waals surface area contributed by atoms with Crippen molar-refractivity contribution in [1.29, 1.82) is 0 Å². The SMILES string of the molecule is Nc1ncc(S(=O)(=O)Nc2ccc(CO)cc2)cc1Cl. The molecule has 0 saturated carbocycles. The number of nitrogens with two attached hydrogens (primary N) is 1. The first-order chi connectivity index (χ1) is 9.42. The van der Waals surface area contributed by atoms with Gasteiger partial charge in [0.1, 0.15) is 10.7 Å². The van der Waals surface area contributed by atoms with Crippen molar-refractivity contribution in [1.82, 2.24) is 4.98 Å². The number of nitrogen functional groups attached to an aromatic ring is 1. The number of nitrogens with zero attached hydrogens (tertiary/aromatic N) is 1. The van der Waals surface area contributed by atoms with Gasteiger partial charge in [0.25, 0.3) is 10.0 Å². The molecule has 0 fully saturated rings. The maximum Gasteiger partial charge on any atom is 0.263 e. The van der Waals surface area contributed by atoms with E-state index in [1.165, 1.54) is 6.07 Å². The Kier molecular flexibility index (Phi) is 4.12. The minimum absolute atomic E-state index is 0.0675. The molecule has 0 aliphatic heterocycles. The van der Waals surface area contributed by atoms with E-state index >= 15 is 0 Å². The first kappa shape index (κ1) is 14.6. The molecule has 1 aromatic heterocycles. The fourth-order valence-electron chi connectivity index (χ4n) is 1.47. The molecule has 0 amide bonds. The Labute approximate surface area is 121 Å². The first-order valence-corrected chi connectivity index (χ1v) is 7.42. The van der Waals surface area contributed by atoms with E-state index in [4.69, 9.17) is 22.4 Å². The van der Waals surface area contributed by atoms with Crippen molar-refractivity contribution in [2.24, 2.45) is 0 Å². The highest BCUT2D eigenvalue weighted by Gasteiger charge is 2.16. The summed E-state index contributed by atoms with van der Waals surface area (Å²) < 4.78 is 26.6. The molecule has 1 heterocycles. The van der Waals surface area contributed by atoms with Gasteiger partial charge in [-0.2, -0.15) is 0 Å². The van der Waals surface area contributed by atoms with Crippen LogP contribution in [-0.2, 0) is 16.6 Å². The number of aliphatic hydroxyl groups is 1. The third-order valence-electron chi connectivity index (χ3n) is 2.54. The van der Waals surface area contributed by atoms with E-state index in [-0.39, 0.29) is 22.3 Å². The molecule has 0 aliphatic carbocycles. The van der Waals surface area contributed by atoms with Gasteiger partial charge in [0, 0.05) is 11.9 Å². The normalized spacial score (nSPS) is 11.3. The van der Waals surface area contributed by atoms with Crippen LogP contribution in [0.3, 0.4) is 0 Å². The molecule has 2 aromatic rings. The van der Waals surface area contributed by atoms with E-state index < -0.39 is 10.0 Å². The number of aliphatic hydroxyl groups excluding tert-OH is 1. The van der Waals surface area contributed by atoms with Gasteiger partial charge in [0.2, 0.25) is 0 Å². The Morgan fingerprint density at radius 3 is 2.50 bits per heavy atom. The highest BCUT2D eigenvalue weighted by Crippen LogP contribution is 2.22. The smallest absolute Gasteiger partial charge is 0.263 e. The van der Waals surface area contributed by atoms with E-state index in [9.17, 15) is 8.42 Å². The van der Waals surface area contributed by atoms with Gasteiger partial charge in [-0.1, -0.05) is 23.7 Å². The van der Waals surface area contributed by atoms with Gasteiger partial charge in [-0.25, -0.2) is 13.4 Å². The zero-order chi connectivity index (χ0) is 14.8. The largest absolute Gasteiger partial charge is 0.392 e.